The minimum Gasteiger partial charge on any atom is -0.497 e. The van der Waals surface area contributed by atoms with E-state index < -0.39 is 0 Å². The van der Waals surface area contributed by atoms with Crippen LogP contribution in [0.15, 0.2) is 18.2 Å². The smallest absolute Gasteiger partial charge is 0.128 e. The molecule has 1 aromatic rings. The van der Waals surface area contributed by atoms with Gasteiger partial charge in [-0.05, 0) is 30.5 Å². The molecule has 1 heterocycles. The molecule has 21 heavy (non-hydrogen) atoms. The quantitative estimate of drug-likeness (QED) is 0.872. The number of ether oxygens (including phenoxy) is 1. The molecule has 0 radical (unpaired) electrons. The SMILES string of the molecule is CCCC(C)[C@@H](c1cc(OC)ccc1F)N1CCNCC1. The summed E-state index contributed by atoms with van der Waals surface area (Å²) in [6.45, 7) is 8.30. The minimum atomic E-state index is -0.123. The van der Waals surface area contributed by atoms with Crippen molar-refractivity contribution in [2.75, 3.05) is 33.3 Å². The summed E-state index contributed by atoms with van der Waals surface area (Å²) in [5.41, 5.74) is 0.775. The molecule has 2 atom stereocenters. The fraction of sp³-hybridized carbons (Fsp3) is 0.647. The Morgan fingerprint density at radius 1 is 1.33 bits per heavy atom. The number of halogens is 1. The van der Waals surface area contributed by atoms with Crippen LogP contribution < -0.4 is 10.1 Å². The third kappa shape index (κ3) is 3.95. The fourth-order valence-corrected chi connectivity index (χ4v) is 3.31. The van der Waals surface area contributed by atoms with E-state index in [0.717, 1.165) is 50.3 Å². The first-order chi connectivity index (χ1) is 10.2. The average Bonchev–Trinajstić information content (AvgIpc) is 2.51. The number of methoxy groups -OCH3 is 1. The van der Waals surface area contributed by atoms with Gasteiger partial charge in [-0.25, -0.2) is 4.39 Å². The van der Waals surface area contributed by atoms with Crippen LogP contribution in [0.1, 0.15) is 38.3 Å². The van der Waals surface area contributed by atoms with Crippen molar-refractivity contribution >= 4 is 0 Å². The molecule has 0 spiro atoms. The van der Waals surface area contributed by atoms with Gasteiger partial charge in [0.1, 0.15) is 11.6 Å². The lowest BCUT2D eigenvalue weighted by molar-refractivity contribution is 0.123. The molecule has 0 bridgehead atoms. The second-order valence-electron chi connectivity index (χ2n) is 5.88. The highest BCUT2D eigenvalue weighted by molar-refractivity contribution is 5.32. The standard InChI is InChI=1S/C17H27FN2O/c1-4-5-13(2)17(20-10-8-19-9-11-20)15-12-14(21-3)6-7-16(15)18/h6-7,12-13,17,19H,4-5,8-11H2,1-3H3/t13?,17-/m0/s1. The molecular weight excluding hydrogens is 267 g/mol. The van der Waals surface area contributed by atoms with Gasteiger partial charge in [0, 0.05) is 37.8 Å². The van der Waals surface area contributed by atoms with Crippen molar-refractivity contribution in [3.8, 4) is 5.75 Å². The number of piperazine rings is 1. The summed E-state index contributed by atoms with van der Waals surface area (Å²) < 4.78 is 19.7. The van der Waals surface area contributed by atoms with E-state index in [0.29, 0.717) is 5.92 Å². The van der Waals surface area contributed by atoms with Gasteiger partial charge in [-0.1, -0.05) is 20.3 Å². The molecular formula is C17H27FN2O. The van der Waals surface area contributed by atoms with Crippen molar-refractivity contribution in [2.24, 2.45) is 5.92 Å². The molecule has 1 aromatic carbocycles. The summed E-state index contributed by atoms with van der Waals surface area (Å²) in [6.07, 6.45) is 2.22. The van der Waals surface area contributed by atoms with Crippen LogP contribution in [0.5, 0.6) is 5.75 Å². The second-order valence-corrected chi connectivity index (χ2v) is 5.88. The van der Waals surface area contributed by atoms with Crippen LogP contribution >= 0.6 is 0 Å². The lowest BCUT2D eigenvalue weighted by atomic mass is 9.88. The molecule has 4 heteroatoms. The Kier molecular flexibility index (Phi) is 6.00. The van der Waals surface area contributed by atoms with E-state index in [9.17, 15) is 4.39 Å². The third-order valence-electron chi connectivity index (χ3n) is 4.35. The summed E-state index contributed by atoms with van der Waals surface area (Å²) in [5, 5.41) is 3.37. The first kappa shape index (κ1) is 16.2. The normalized spacial score (nSPS) is 19.2. The van der Waals surface area contributed by atoms with Gasteiger partial charge in [0.2, 0.25) is 0 Å². The first-order valence-electron chi connectivity index (χ1n) is 7.95. The van der Waals surface area contributed by atoms with E-state index >= 15 is 0 Å². The number of hydrogen-bond acceptors (Lipinski definition) is 3. The summed E-state index contributed by atoms with van der Waals surface area (Å²) in [4.78, 5) is 2.41. The predicted molar refractivity (Wildman–Crippen MR) is 84.2 cm³/mol. The Morgan fingerprint density at radius 2 is 2.05 bits per heavy atom. The zero-order chi connectivity index (χ0) is 15.2. The van der Waals surface area contributed by atoms with Crippen molar-refractivity contribution in [1.82, 2.24) is 10.2 Å². The monoisotopic (exact) mass is 294 g/mol. The zero-order valence-electron chi connectivity index (χ0n) is 13.4. The van der Waals surface area contributed by atoms with Crippen molar-refractivity contribution < 1.29 is 9.13 Å². The minimum absolute atomic E-state index is 0.123. The highest BCUT2D eigenvalue weighted by Crippen LogP contribution is 2.35. The molecule has 2 rings (SSSR count). The lowest BCUT2D eigenvalue weighted by Crippen LogP contribution is -2.46. The topological polar surface area (TPSA) is 24.5 Å². The maximum atomic E-state index is 14.4. The Hall–Kier alpha value is -1.13. The maximum Gasteiger partial charge on any atom is 0.128 e. The van der Waals surface area contributed by atoms with E-state index in [1.165, 1.54) is 6.07 Å². The molecule has 0 amide bonds. The van der Waals surface area contributed by atoms with Crippen LogP contribution in [0.4, 0.5) is 4.39 Å². The Morgan fingerprint density at radius 3 is 2.67 bits per heavy atom. The number of nitrogens with one attached hydrogen (secondary N) is 1. The molecule has 118 valence electrons. The average molecular weight is 294 g/mol. The molecule has 1 unspecified atom stereocenters. The molecule has 0 aromatic heterocycles. The second kappa shape index (κ2) is 7.76. The van der Waals surface area contributed by atoms with E-state index in [1.807, 2.05) is 6.07 Å². The molecule has 1 aliphatic rings. The highest BCUT2D eigenvalue weighted by Gasteiger charge is 2.29. The van der Waals surface area contributed by atoms with Crippen molar-refractivity contribution in [3.63, 3.8) is 0 Å². The number of hydrogen-bond donors (Lipinski definition) is 1. The van der Waals surface area contributed by atoms with Gasteiger partial charge < -0.3 is 10.1 Å². The number of rotatable bonds is 6. The largest absolute Gasteiger partial charge is 0.497 e. The maximum absolute atomic E-state index is 14.4. The van der Waals surface area contributed by atoms with Crippen LogP contribution in [-0.4, -0.2) is 38.2 Å². The summed E-state index contributed by atoms with van der Waals surface area (Å²) in [5.74, 6) is 1.03. The molecule has 1 N–H and O–H groups in total. The number of benzene rings is 1. The Bertz CT molecular complexity index is 446. The van der Waals surface area contributed by atoms with Gasteiger partial charge in [-0.2, -0.15) is 0 Å². The van der Waals surface area contributed by atoms with Gasteiger partial charge in [-0.15, -0.1) is 0 Å². The van der Waals surface area contributed by atoms with E-state index in [2.05, 4.69) is 24.1 Å². The van der Waals surface area contributed by atoms with E-state index in [-0.39, 0.29) is 11.9 Å². The lowest BCUT2D eigenvalue weighted by Gasteiger charge is -2.39. The van der Waals surface area contributed by atoms with Gasteiger partial charge in [0.15, 0.2) is 0 Å². The van der Waals surface area contributed by atoms with Gasteiger partial charge >= 0.3 is 0 Å². The third-order valence-corrected chi connectivity index (χ3v) is 4.35. The molecule has 1 saturated heterocycles. The summed E-state index contributed by atoms with van der Waals surface area (Å²) in [7, 11) is 1.63. The summed E-state index contributed by atoms with van der Waals surface area (Å²) in [6, 6.07) is 5.22. The Balaban J connectivity index is 2.33. The van der Waals surface area contributed by atoms with Crippen molar-refractivity contribution in [1.29, 1.82) is 0 Å². The molecule has 0 aliphatic carbocycles. The molecule has 0 saturated carbocycles. The van der Waals surface area contributed by atoms with E-state index in [1.54, 1.807) is 13.2 Å². The van der Waals surface area contributed by atoms with Gasteiger partial charge in [-0.3, -0.25) is 4.90 Å². The predicted octanol–water partition coefficient (Wildman–Crippen LogP) is 3.22. The van der Waals surface area contributed by atoms with E-state index in [4.69, 9.17) is 4.74 Å². The molecule has 1 aliphatic heterocycles. The van der Waals surface area contributed by atoms with Crippen LogP contribution in [0, 0.1) is 11.7 Å². The highest BCUT2D eigenvalue weighted by atomic mass is 19.1. The molecule has 1 fully saturated rings. The van der Waals surface area contributed by atoms with Crippen LogP contribution in [0.2, 0.25) is 0 Å². The zero-order valence-corrected chi connectivity index (χ0v) is 13.4. The molecule has 3 nitrogen and oxygen atoms in total. The fourth-order valence-electron chi connectivity index (χ4n) is 3.31. The van der Waals surface area contributed by atoms with Gasteiger partial charge in [0.25, 0.3) is 0 Å². The summed E-state index contributed by atoms with van der Waals surface area (Å²) >= 11 is 0. The van der Waals surface area contributed by atoms with Crippen LogP contribution in [-0.2, 0) is 0 Å². The number of nitrogens with zero attached hydrogens (tertiary/aromatic N) is 1. The Labute approximate surface area is 127 Å². The van der Waals surface area contributed by atoms with Crippen LogP contribution in [0.3, 0.4) is 0 Å². The van der Waals surface area contributed by atoms with Crippen molar-refractivity contribution in [3.05, 3.63) is 29.6 Å². The van der Waals surface area contributed by atoms with Gasteiger partial charge in [0.05, 0.1) is 7.11 Å². The van der Waals surface area contributed by atoms with Crippen molar-refractivity contribution in [2.45, 2.75) is 32.7 Å². The first-order valence-corrected chi connectivity index (χ1v) is 7.95. The van der Waals surface area contributed by atoms with Crippen LogP contribution in [0.25, 0.3) is 0 Å².